The van der Waals surface area contributed by atoms with Crippen LogP contribution in [0.25, 0.3) is 35.7 Å². The topological polar surface area (TPSA) is 28.7 Å². The number of halogens is 2. The minimum absolute atomic E-state index is 0.405. The van der Waals surface area contributed by atoms with Crippen LogP contribution in [-0.4, -0.2) is 9.97 Å². The number of imidazole rings is 1. The van der Waals surface area contributed by atoms with Crippen LogP contribution in [0.1, 0.15) is 23.6 Å². The number of aromatic amines is 1. The Balaban J connectivity index is 2.98. The zero-order valence-electron chi connectivity index (χ0n) is 16.7. The molecule has 0 aliphatic rings. The average molecular weight is 423 g/mol. The quantitative estimate of drug-likeness (QED) is 0.525. The minimum atomic E-state index is 0.405. The second-order valence-corrected chi connectivity index (χ2v) is 7.46. The zero-order valence-corrected chi connectivity index (χ0v) is 18.2. The van der Waals surface area contributed by atoms with Gasteiger partial charge in [0.15, 0.2) is 0 Å². The van der Waals surface area contributed by atoms with E-state index in [1.54, 1.807) is 25.2 Å². The molecule has 0 saturated heterocycles. The summed E-state index contributed by atoms with van der Waals surface area (Å²) in [6.07, 6.45) is 12.8. The molecule has 29 heavy (non-hydrogen) atoms. The first-order valence-corrected chi connectivity index (χ1v) is 9.75. The van der Waals surface area contributed by atoms with E-state index in [-0.39, 0.29) is 0 Å². The molecule has 0 spiro atoms. The molecule has 0 saturated carbocycles. The summed E-state index contributed by atoms with van der Waals surface area (Å²) in [4.78, 5) is 8.02. The van der Waals surface area contributed by atoms with Crippen molar-refractivity contribution >= 4 is 47.5 Å². The maximum absolute atomic E-state index is 6.37. The van der Waals surface area contributed by atoms with Crippen LogP contribution in [0.4, 0.5) is 0 Å². The lowest BCUT2D eigenvalue weighted by Gasteiger charge is -2.16. The van der Waals surface area contributed by atoms with E-state index in [9.17, 15) is 0 Å². The summed E-state index contributed by atoms with van der Waals surface area (Å²) in [7, 11) is 0. The van der Waals surface area contributed by atoms with Gasteiger partial charge in [-0.25, -0.2) is 4.98 Å². The molecule has 0 aliphatic carbocycles. The third-order valence-electron chi connectivity index (χ3n) is 4.25. The number of H-pyrrole nitrogens is 1. The smallest absolute Gasteiger partial charge is 0.139 e. The Hall–Kier alpha value is -2.81. The molecular weight excluding hydrogens is 399 g/mol. The number of hydrogen-bond acceptors (Lipinski definition) is 1. The van der Waals surface area contributed by atoms with E-state index in [0.29, 0.717) is 21.2 Å². The van der Waals surface area contributed by atoms with Gasteiger partial charge < -0.3 is 4.98 Å². The van der Waals surface area contributed by atoms with Gasteiger partial charge in [0, 0.05) is 21.2 Å². The van der Waals surface area contributed by atoms with Crippen molar-refractivity contribution in [3.8, 4) is 11.4 Å². The molecule has 0 atom stereocenters. The molecule has 1 aromatic carbocycles. The molecule has 0 bridgehead atoms. The molecule has 0 amide bonds. The molecule has 2 nitrogen and oxygen atoms in total. The third kappa shape index (κ3) is 5.38. The number of benzene rings is 1. The van der Waals surface area contributed by atoms with Gasteiger partial charge in [0.1, 0.15) is 5.82 Å². The van der Waals surface area contributed by atoms with Crippen molar-refractivity contribution in [3.63, 3.8) is 0 Å². The molecule has 4 heteroatoms. The Kier molecular flexibility index (Phi) is 7.83. The molecule has 2 rings (SSSR count). The van der Waals surface area contributed by atoms with Gasteiger partial charge in [-0.2, -0.15) is 0 Å². The molecule has 0 radical (unpaired) electrons. The van der Waals surface area contributed by atoms with E-state index in [2.05, 4.69) is 31.3 Å². The lowest BCUT2D eigenvalue weighted by molar-refractivity contribution is 1.26. The van der Waals surface area contributed by atoms with E-state index in [1.165, 1.54) is 0 Å². The monoisotopic (exact) mass is 422 g/mol. The number of allylic oxidation sites excluding steroid dienone is 8. The van der Waals surface area contributed by atoms with Crippen LogP contribution in [0, 0.1) is 6.92 Å². The maximum Gasteiger partial charge on any atom is 0.139 e. The molecular formula is C25H24Cl2N2. The number of hydrogen-bond donors (Lipinski definition) is 1. The number of aromatic nitrogens is 2. The van der Waals surface area contributed by atoms with Crippen molar-refractivity contribution in [1.29, 1.82) is 0 Å². The Bertz CT molecular complexity index is 1150. The van der Waals surface area contributed by atoms with Crippen molar-refractivity contribution in [3.05, 3.63) is 99.7 Å². The van der Waals surface area contributed by atoms with Crippen LogP contribution in [0.3, 0.4) is 0 Å². The first-order chi connectivity index (χ1) is 13.8. The van der Waals surface area contributed by atoms with Gasteiger partial charge in [0.05, 0.1) is 10.7 Å². The second kappa shape index (κ2) is 10.1. The lowest BCUT2D eigenvalue weighted by Crippen LogP contribution is -2.21. The number of nitrogens with one attached hydrogen (secondary N) is 1. The predicted molar refractivity (Wildman–Crippen MR) is 130 cm³/mol. The summed E-state index contributed by atoms with van der Waals surface area (Å²) < 4.78 is 0. The summed E-state index contributed by atoms with van der Waals surface area (Å²) in [6.45, 7) is 19.4. The Morgan fingerprint density at radius 3 is 2.45 bits per heavy atom. The largest absolute Gasteiger partial charge is 0.338 e. The van der Waals surface area contributed by atoms with Crippen LogP contribution in [0.5, 0.6) is 0 Å². The van der Waals surface area contributed by atoms with Gasteiger partial charge in [0.25, 0.3) is 0 Å². The van der Waals surface area contributed by atoms with Gasteiger partial charge >= 0.3 is 0 Å². The number of aryl methyl sites for hydroxylation is 1. The highest BCUT2D eigenvalue weighted by Gasteiger charge is 2.18. The molecule has 148 valence electrons. The standard InChI is InChI=1S/C25H24Cl2N2/c1-7-9-11-20-16(3)12-14-22(21(18(5)27)15-13-17(4)26)24(20)25-28-19(6)23(29-25)10-8-2/h7-15H,1-2,5-6H2,3-4H3,(H,28,29)/b11-9-,17-13+,21-15+,23-10+. The molecule has 1 N–H and O–H groups in total. The Morgan fingerprint density at radius 2 is 1.86 bits per heavy atom. The molecule has 0 fully saturated rings. The Labute approximate surface area is 182 Å². The van der Waals surface area contributed by atoms with Crippen molar-refractivity contribution in [2.24, 2.45) is 0 Å². The highest BCUT2D eigenvalue weighted by Crippen LogP contribution is 2.36. The Morgan fingerprint density at radius 1 is 1.14 bits per heavy atom. The van der Waals surface area contributed by atoms with Crippen LogP contribution in [-0.2, 0) is 0 Å². The average Bonchev–Trinajstić information content (AvgIpc) is 3.01. The fourth-order valence-corrected chi connectivity index (χ4v) is 3.13. The van der Waals surface area contributed by atoms with E-state index in [4.69, 9.17) is 28.2 Å². The van der Waals surface area contributed by atoms with Gasteiger partial charge in [-0.05, 0) is 42.7 Å². The number of nitrogens with zero attached hydrogens (tertiary/aromatic N) is 1. The fourth-order valence-electron chi connectivity index (χ4n) is 2.90. The summed E-state index contributed by atoms with van der Waals surface area (Å²) in [5, 5.41) is 2.48. The summed E-state index contributed by atoms with van der Waals surface area (Å²) in [6, 6.07) is 4.05. The molecule has 0 aliphatic heterocycles. The van der Waals surface area contributed by atoms with Crippen LogP contribution >= 0.6 is 23.2 Å². The first kappa shape index (κ1) is 22.5. The molecule has 1 aromatic heterocycles. The lowest BCUT2D eigenvalue weighted by atomic mass is 9.91. The van der Waals surface area contributed by atoms with E-state index in [0.717, 1.165) is 33.2 Å². The summed E-state index contributed by atoms with van der Waals surface area (Å²) in [5.74, 6) is 0.681. The van der Waals surface area contributed by atoms with Crippen molar-refractivity contribution in [1.82, 2.24) is 9.97 Å². The van der Waals surface area contributed by atoms with E-state index < -0.39 is 0 Å². The van der Waals surface area contributed by atoms with E-state index >= 15 is 0 Å². The minimum Gasteiger partial charge on any atom is -0.338 e. The van der Waals surface area contributed by atoms with Crippen molar-refractivity contribution in [2.75, 3.05) is 0 Å². The predicted octanol–water partition coefficient (Wildman–Crippen LogP) is 6.24. The maximum atomic E-state index is 6.37. The van der Waals surface area contributed by atoms with E-state index in [1.807, 2.05) is 43.4 Å². The van der Waals surface area contributed by atoms with Gasteiger partial charge in [-0.15, -0.1) is 0 Å². The highest BCUT2D eigenvalue weighted by molar-refractivity contribution is 6.37. The molecule has 1 heterocycles. The molecule has 2 aromatic rings. The van der Waals surface area contributed by atoms with Gasteiger partial charge in [0.2, 0.25) is 0 Å². The van der Waals surface area contributed by atoms with Crippen molar-refractivity contribution < 1.29 is 0 Å². The normalized spacial score (nSPS) is 13.2. The second-order valence-electron chi connectivity index (χ2n) is 6.40. The third-order valence-corrected chi connectivity index (χ3v) is 4.58. The van der Waals surface area contributed by atoms with Crippen LogP contribution in [0.2, 0.25) is 0 Å². The van der Waals surface area contributed by atoms with Gasteiger partial charge in [-0.3, -0.25) is 0 Å². The zero-order chi connectivity index (χ0) is 21.6. The van der Waals surface area contributed by atoms with Crippen LogP contribution in [0.15, 0.2) is 72.3 Å². The van der Waals surface area contributed by atoms with Crippen molar-refractivity contribution in [2.45, 2.75) is 13.8 Å². The first-order valence-electron chi connectivity index (χ1n) is 9.00. The highest BCUT2D eigenvalue weighted by atomic mass is 35.5. The molecule has 0 unspecified atom stereocenters. The number of rotatable bonds is 7. The fraction of sp³-hybridized carbons (Fsp3) is 0.0800. The summed E-state index contributed by atoms with van der Waals surface area (Å²) >= 11 is 12.4. The SMILES string of the molecule is C=C/C=C\c1c(C)ccc(/C(=C/C=C(\C)Cl)C(=C)Cl)c1-c1n/c(=C/C=C)c(=C)[nH]1. The van der Waals surface area contributed by atoms with Crippen LogP contribution < -0.4 is 10.7 Å². The summed E-state index contributed by atoms with van der Waals surface area (Å²) in [5.41, 5.74) is 4.61. The van der Waals surface area contributed by atoms with Gasteiger partial charge in [-0.1, -0.05) is 92.0 Å².